The van der Waals surface area contributed by atoms with Gasteiger partial charge in [-0.25, -0.2) is 13.2 Å². The van der Waals surface area contributed by atoms with E-state index in [1.807, 2.05) is 0 Å². The molecule has 1 aliphatic rings. The summed E-state index contributed by atoms with van der Waals surface area (Å²) in [5.41, 5.74) is 0.768. The first-order valence-corrected chi connectivity index (χ1v) is 7.17. The highest BCUT2D eigenvalue weighted by molar-refractivity contribution is 8.16. The molecule has 3 nitrogen and oxygen atoms in total. The molecule has 0 bridgehead atoms. The maximum absolute atomic E-state index is 13.6. The molecule has 0 aliphatic carbocycles. The Labute approximate surface area is 125 Å². The van der Waals surface area contributed by atoms with Crippen LogP contribution in [0.2, 0.25) is 0 Å². The summed E-state index contributed by atoms with van der Waals surface area (Å²) >= 11 is 0.719. The molecule has 1 N–H and O–H groups in total. The zero-order chi connectivity index (χ0) is 15.8. The van der Waals surface area contributed by atoms with Gasteiger partial charge in [0, 0.05) is 6.92 Å². The van der Waals surface area contributed by atoms with Gasteiger partial charge in [0.1, 0.15) is 5.82 Å². The van der Waals surface area contributed by atoms with Crippen molar-refractivity contribution in [1.29, 1.82) is 0 Å². The van der Waals surface area contributed by atoms with Crippen LogP contribution in [-0.2, 0) is 4.79 Å². The fourth-order valence-electron chi connectivity index (χ4n) is 1.82. The molecule has 2 unspecified atom stereocenters. The van der Waals surface area contributed by atoms with Crippen molar-refractivity contribution >= 4 is 22.8 Å². The van der Waals surface area contributed by atoms with E-state index in [2.05, 4.69) is 10.3 Å². The minimum atomic E-state index is -3.18. The number of hydrogen-bond acceptors (Lipinski definition) is 3. The molecule has 2 rings (SSSR count). The van der Waals surface area contributed by atoms with Crippen LogP contribution < -0.4 is 5.32 Å². The average molecular weight is 316 g/mol. The van der Waals surface area contributed by atoms with E-state index in [9.17, 15) is 18.0 Å². The Morgan fingerprint density at radius 2 is 1.90 bits per heavy atom. The van der Waals surface area contributed by atoms with Gasteiger partial charge in [-0.05, 0) is 31.5 Å². The van der Waals surface area contributed by atoms with E-state index >= 15 is 0 Å². The molecule has 0 saturated carbocycles. The molecule has 7 heteroatoms. The topological polar surface area (TPSA) is 41.5 Å². The Morgan fingerprint density at radius 3 is 2.38 bits per heavy atom. The highest BCUT2D eigenvalue weighted by Gasteiger charge is 2.57. The van der Waals surface area contributed by atoms with E-state index in [0.29, 0.717) is 6.92 Å². The number of amides is 1. The molecule has 0 saturated heterocycles. The van der Waals surface area contributed by atoms with Crippen molar-refractivity contribution in [2.45, 2.75) is 37.5 Å². The second-order valence-corrected chi connectivity index (χ2v) is 6.57. The lowest BCUT2D eigenvalue weighted by molar-refractivity contribution is -0.128. The van der Waals surface area contributed by atoms with E-state index in [1.54, 1.807) is 19.1 Å². The number of amidine groups is 1. The summed E-state index contributed by atoms with van der Waals surface area (Å²) in [5.74, 6) is -4.39. The SMILES string of the molecule is CC(NC1=NC(=O)C(C)(C(C)(F)F)S1)c1ccc(F)cc1. The van der Waals surface area contributed by atoms with Gasteiger partial charge in [-0.3, -0.25) is 4.79 Å². The molecule has 1 heterocycles. The molecule has 114 valence electrons. The molecular formula is C14H15F3N2OS. The molecule has 1 aliphatic heterocycles. The average Bonchev–Trinajstić information content (AvgIpc) is 2.66. The highest BCUT2D eigenvalue weighted by atomic mass is 32.2. The highest BCUT2D eigenvalue weighted by Crippen LogP contribution is 2.45. The third-order valence-electron chi connectivity index (χ3n) is 3.46. The summed E-state index contributed by atoms with van der Waals surface area (Å²) in [6.07, 6.45) is 0. The van der Waals surface area contributed by atoms with Gasteiger partial charge in [0.05, 0.1) is 6.04 Å². The molecule has 0 aromatic heterocycles. The number of nitrogens with one attached hydrogen (secondary N) is 1. The summed E-state index contributed by atoms with van der Waals surface area (Å²) in [4.78, 5) is 15.4. The smallest absolute Gasteiger partial charge is 0.270 e. The van der Waals surface area contributed by atoms with Crippen LogP contribution in [0.15, 0.2) is 29.3 Å². The number of benzene rings is 1. The van der Waals surface area contributed by atoms with Crippen molar-refractivity contribution in [2.75, 3.05) is 0 Å². The lowest BCUT2D eigenvalue weighted by atomic mass is 10.0. The summed E-state index contributed by atoms with van der Waals surface area (Å²) in [7, 11) is 0. The monoisotopic (exact) mass is 316 g/mol. The zero-order valence-electron chi connectivity index (χ0n) is 11.8. The number of carbonyl (C=O) groups is 1. The predicted molar refractivity (Wildman–Crippen MR) is 77.0 cm³/mol. The van der Waals surface area contributed by atoms with Gasteiger partial charge in [-0.1, -0.05) is 23.9 Å². The fraction of sp³-hybridized carbons (Fsp3) is 0.429. The molecule has 0 radical (unpaired) electrons. The number of aliphatic imine (C=N–C) groups is 1. The number of alkyl halides is 2. The Balaban J connectivity index is 2.10. The lowest BCUT2D eigenvalue weighted by Crippen LogP contribution is -2.45. The van der Waals surface area contributed by atoms with Crippen LogP contribution in [-0.4, -0.2) is 21.7 Å². The minimum absolute atomic E-state index is 0.154. The van der Waals surface area contributed by atoms with Crippen molar-refractivity contribution in [3.8, 4) is 0 Å². The number of rotatable bonds is 3. The van der Waals surface area contributed by atoms with Crippen LogP contribution in [0.3, 0.4) is 0 Å². The van der Waals surface area contributed by atoms with Crippen LogP contribution in [0, 0.1) is 5.82 Å². The Kier molecular flexibility index (Phi) is 4.06. The van der Waals surface area contributed by atoms with Crippen molar-refractivity contribution in [2.24, 2.45) is 4.99 Å². The van der Waals surface area contributed by atoms with Crippen molar-refractivity contribution < 1.29 is 18.0 Å². The molecule has 1 aromatic carbocycles. The summed E-state index contributed by atoms with van der Waals surface area (Å²) in [5, 5.41) is 3.06. The maximum atomic E-state index is 13.6. The Hall–Kier alpha value is -1.50. The molecule has 0 spiro atoms. The second-order valence-electron chi connectivity index (χ2n) is 5.16. The van der Waals surface area contributed by atoms with Crippen molar-refractivity contribution in [3.05, 3.63) is 35.6 Å². The normalized spacial score (nSPS) is 23.9. The minimum Gasteiger partial charge on any atom is -0.358 e. The van der Waals surface area contributed by atoms with E-state index in [-0.39, 0.29) is 17.0 Å². The van der Waals surface area contributed by atoms with Crippen LogP contribution in [0.25, 0.3) is 0 Å². The fourth-order valence-corrected chi connectivity index (χ4v) is 2.88. The first-order valence-electron chi connectivity index (χ1n) is 6.35. The maximum Gasteiger partial charge on any atom is 0.270 e. The first kappa shape index (κ1) is 15.9. The van der Waals surface area contributed by atoms with Crippen LogP contribution >= 0.6 is 11.8 Å². The van der Waals surface area contributed by atoms with Gasteiger partial charge in [0.25, 0.3) is 11.8 Å². The third kappa shape index (κ3) is 3.07. The Bertz CT molecular complexity index is 583. The number of halogens is 3. The first-order chi connectivity index (χ1) is 9.63. The quantitative estimate of drug-likeness (QED) is 0.927. The standard InChI is InChI=1S/C14H15F3N2OS/c1-8(9-4-6-10(15)7-5-9)18-12-19-11(20)13(2,21-12)14(3,16)17/h4-8H,1-3H3,(H,18,19,20). The van der Waals surface area contributed by atoms with Crippen molar-refractivity contribution in [1.82, 2.24) is 5.32 Å². The van der Waals surface area contributed by atoms with Gasteiger partial charge in [-0.2, -0.15) is 4.99 Å². The van der Waals surface area contributed by atoms with Gasteiger partial charge in [0.15, 0.2) is 9.91 Å². The zero-order valence-corrected chi connectivity index (χ0v) is 12.6. The molecule has 1 amide bonds. The Morgan fingerprint density at radius 1 is 1.33 bits per heavy atom. The van der Waals surface area contributed by atoms with E-state index < -0.39 is 16.6 Å². The van der Waals surface area contributed by atoms with Gasteiger partial charge in [-0.15, -0.1) is 0 Å². The van der Waals surface area contributed by atoms with Crippen LogP contribution in [0.1, 0.15) is 32.4 Å². The lowest BCUT2D eigenvalue weighted by Gasteiger charge is -2.27. The molecule has 21 heavy (non-hydrogen) atoms. The molecule has 1 aromatic rings. The van der Waals surface area contributed by atoms with Crippen LogP contribution in [0.5, 0.6) is 0 Å². The van der Waals surface area contributed by atoms with E-state index in [4.69, 9.17) is 0 Å². The summed E-state index contributed by atoms with van der Waals surface area (Å²) in [6, 6.07) is 5.52. The van der Waals surface area contributed by atoms with Crippen LogP contribution in [0.4, 0.5) is 13.2 Å². The molecular weight excluding hydrogens is 301 g/mol. The molecule has 0 fully saturated rings. The summed E-state index contributed by atoms with van der Waals surface area (Å²) < 4.78 is 38.1. The van der Waals surface area contributed by atoms with E-state index in [0.717, 1.165) is 17.3 Å². The van der Waals surface area contributed by atoms with Gasteiger partial charge >= 0.3 is 0 Å². The van der Waals surface area contributed by atoms with Gasteiger partial charge < -0.3 is 5.32 Å². The predicted octanol–water partition coefficient (Wildman–Crippen LogP) is 3.52. The number of thioether (sulfide) groups is 1. The largest absolute Gasteiger partial charge is 0.358 e. The molecule has 2 atom stereocenters. The number of hydrogen-bond donors (Lipinski definition) is 1. The van der Waals surface area contributed by atoms with Crippen molar-refractivity contribution in [3.63, 3.8) is 0 Å². The number of carbonyl (C=O) groups excluding carboxylic acids is 1. The van der Waals surface area contributed by atoms with E-state index in [1.165, 1.54) is 19.1 Å². The third-order valence-corrected chi connectivity index (χ3v) is 4.80. The number of nitrogens with zero attached hydrogens (tertiary/aromatic N) is 1. The summed E-state index contributed by atoms with van der Waals surface area (Å²) in [6.45, 7) is 3.67. The van der Waals surface area contributed by atoms with Gasteiger partial charge in [0.2, 0.25) is 0 Å². The second kappa shape index (κ2) is 5.36.